The lowest BCUT2D eigenvalue weighted by Crippen LogP contribution is -2.53. The molecule has 1 unspecified atom stereocenters. The Morgan fingerprint density at radius 1 is 1.19 bits per heavy atom. The molecule has 3 atom stereocenters. The van der Waals surface area contributed by atoms with Gasteiger partial charge in [-0.25, -0.2) is 17.2 Å². The summed E-state index contributed by atoms with van der Waals surface area (Å²) in [4.78, 5) is 15.4. The summed E-state index contributed by atoms with van der Waals surface area (Å²) in [6.45, 7) is 7.42. The number of rotatable bonds is 6. The van der Waals surface area contributed by atoms with Gasteiger partial charge in [-0.05, 0) is 67.7 Å². The molecule has 0 N–H and O–H groups in total. The van der Waals surface area contributed by atoms with Crippen LogP contribution in [0, 0.1) is 17.0 Å². The lowest BCUT2D eigenvalue weighted by atomic mass is 9.68. The third-order valence-electron chi connectivity index (χ3n) is 8.90. The molecule has 1 aromatic carbocycles. The number of hydrogen-bond donors (Lipinski definition) is 0. The zero-order valence-electron chi connectivity index (χ0n) is 21.1. The molecule has 2 bridgehead atoms. The molecule has 36 heavy (non-hydrogen) atoms. The summed E-state index contributed by atoms with van der Waals surface area (Å²) < 4.78 is 54.8. The van der Waals surface area contributed by atoms with Gasteiger partial charge in [-0.1, -0.05) is 19.9 Å². The number of hydrogen-bond acceptors (Lipinski definition) is 5. The SMILES string of the molecule is CCN(C[C@@]12CC[C@@H](c3cc(-c4c(F)cccc4F)nnc31)C2(C)C)C(=O)C1CCCN1S(C)(=O)=O. The summed E-state index contributed by atoms with van der Waals surface area (Å²) in [5.41, 5.74) is 0.946. The van der Waals surface area contributed by atoms with Crippen LogP contribution in [-0.4, -0.2) is 65.7 Å². The molecule has 1 saturated heterocycles. The van der Waals surface area contributed by atoms with Crippen LogP contribution in [-0.2, 0) is 20.2 Å². The third-order valence-corrected chi connectivity index (χ3v) is 10.2. The van der Waals surface area contributed by atoms with Crippen molar-refractivity contribution in [1.29, 1.82) is 0 Å². The van der Waals surface area contributed by atoms with Gasteiger partial charge in [-0.2, -0.15) is 14.5 Å². The van der Waals surface area contributed by atoms with Crippen LogP contribution in [0.5, 0.6) is 0 Å². The van der Waals surface area contributed by atoms with Crippen molar-refractivity contribution < 1.29 is 22.0 Å². The number of likely N-dealkylation sites (N-methyl/N-ethyl adjacent to an activating group) is 1. The van der Waals surface area contributed by atoms with Gasteiger partial charge in [-0.15, -0.1) is 0 Å². The van der Waals surface area contributed by atoms with Crippen molar-refractivity contribution in [2.24, 2.45) is 5.41 Å². The van der Waals surface area contributed by atoms with E-state index in [2.05, 4.69) is 24.0 Å². The molecule has 2 aromatic rings. The second-order valence-electron chi connectivity index (χ2n) is 10.9. The Balaban J connectivity index is 1.52. The fourth-order valence-corrected chi connectivity index (χ4v) is 8.03. The largest absolute Gasteiger partial charge is 0.341 e. The van der Waals surface area contributed by atoms with Gasteiger partial charge in [0.2, 0.25) is 15.9 Å². The number of benzene rings is 1. The van der Waals surface area contributed by atoms with Crippen molar-refractivity contribution in [3.8, 4) is 11.3 Å². The third kappa shape index (κ3) is 3.59. The topological polar surface area (TPSA) is 83.5 Å². The number of sulfonamides is 1. The Hall–Kier alpha value is -2.46. The smallest absolute Gasteiger partial charge is 0.241 e. The average Bonchev–Trinajstić information content (AvgIpc) is 3.45. The van der Waals surface area contributed by atoms with Crippen LogP contribution in [0.3, 0.4) is 0 Å². The molecule has 2 fully saturated rings. The molecule has 7 nitrogen and oxygen atoms in total. The zero-order chi connectivity index (χ0) is 26.0. The highest BCUT2D eigenvalue weighted by Gasteiger charge is 2.64. The van der Waals surface area contributed by atoms with Crippen molar-refractivity contribution in [2.75, 3.05) is 25.9 Å². The summed E-state index contributed by atoms with van der Waals surface area (Å²) in [6, 6.07) is 4.81. The number of halogens is 2. The van der Waals surface area contributed by atoms with Crippen molar-refractivity contribution in [3.05, 3.63) is 47.2 Å². The summed E-state index contributed by atoms with van der Waals surface area (Å²) in [5.74, 6) is -1.43. The highest BCUT2D eigenvalue weighted by Crippen LogP contribution is 2.67. The quantitative estimate of drug-likeness (QED) is 0.580. The van der Waals surface area contributed by atoms with Gasteiger partial charge >= 0.3 is 0 Å². The van der Waals surface area contributed by atoms with Crippen LogP contribution < -0.4 is 0 Å². The summed E-state index contributed by atoms with van der Waals surface area (Å²) in [5, 5.41) is 8.79. The predicted octanol–water partition coefficient (Wildman–Crippen LogP) is 3.85. The second kappa shape index (κ2) is 8.55. The molecule has 1 aliphatic heterocycles. The number of amides is 1. The lowest BCUT2D eigenvalue weighted by molar-refractivity contribution is -0.135. The molecule has 1 amide bonds. The fourth-order valence-electron chi connectivity index (χ4n) is 6.91. The molecule has 194 valence electrons. The second-order valence-corrected chi connectivity index (χ2v) is 12.8. The van der Waals surface area contributed by atoms with Crippen molar-refractivity contribution in [1.82, 2.24) is 19.4 Å². The standard InChI is InChI=1S/C26H32F2N4O3S/c1-5-31(24(33)21-10-7-13-32(21)36(4,34)35)15-26-12-11-17(25(26,2)3)16-14-20(29-30-23(16)26)22-18(27)8-6-9-19(22)28/h6,8-9,14,17,21H,5,7,10-13,15H2,1-4H3/t17-,21?,26-/m0/s1. The van der Waals surface area contributed by atoms with E-state index in [1.54, 1.807) is 11.0 Å². The minimum atomic E-state index is -3.49. The first-order chi connectivity index (χ1) is 16.9. The van der Waals surface area contributed by atoms with Gasteiger partial charge in [0.15, 0.2) is 0 Å². The normalized spacial score (nSPS) is 26.8. The number of carbonyl (C=O) groups excluding carboxylic acids is 1. The van der Waals surface area contributed by atoms with E-state index < -0.39 is 33.1 Å². The van der Waals surface area contributed by atoms with Gasteiger partial charge in [-0.3, -0.25) is 4.79 Å². The van der Waals surface area contributed by atoms with E-state index in [1.165, 1.54) is 22.5 Å². The first-order valence-electron chi connectivity index (χ1n) is 12.5. The van der Waals surface area contributed by atoms with Crippen molar-refractivity contribution in [3.63, 3.8) is 0 Å². The van der Waals surface area contributed by atoms with E-state index in [9.17, 15) is 22.0 Å². The molecule has 5 rings (SSSR count). The molecule has 3 aliphatic rings. The highest BCUT2D eigenvalue weighted by molar-refractivity contribution is 7.88. The van der Waals surface area contributed by atoms with Gasteiger partial charge in [0.05, 0.1) is 23.2 Å². The molecule has 2 aliphatic carbocycles. The van der Waals surface area contributed by atoms with Gasteiger partial charge in [0, 0.05) is 25.0 Å². The van der Waals surface area contributed by atoms with Crippen LogP contribution in [0.15, 0.2) is 24.3 Å². The number of nitrogens with zero attached hydrogens (tertiary/aromatic N) is 4. The molecule has 1 saturated carbocycles. The van der Waals surface area contributed by atoms with E-state index in [1.807, 2.05) is 6.92 Å². The monoisotopic (exact) mass is 518 g/mol. The summed E-state index contributed by atoms with van der Waals surface area (Å²) in [6.07, 6.45) is 4.00. The number of carbonyl (C=O) groups is 1. The molecule has 0 spiro atoms. The summed E-state index contributed by atoms with van der Waals surface area (Å²) in [7, 11) is -3.49. The van der Waals surface area contributed by atoms with Gasteiger partial charge < -0.3 is 4.90 Å². The molecule has 10 heteroatoms. The van der Waals surface area contributed by atoms with Crippen LogP contribution in [0.1, 0.15) is 63.6 Å². The number of aromatic nitrogens is 2. The maximum absolute atomic E-state index is 14.5. The molecular weight excluding hydrogens is 486 g/mol. The predicted molar refractivity (Wildman–Crippen MR) is 132 cm³/mol. The van der Waals surface area contributed by atoms with Gasteiger partial charge in [0.1, 0.15) is 17.7 Å². The van der Waals surface area contributed by atoms with Crippen LogP contribution >= 0.6 is 0 Å². The van der Waals surface area contributed by atoms with E-state index in [0.29, 0.717) is 32.5 Å². The molecule has 0 radical (unpaired) electrons. The minimum absolute atomic E-state index is 0.115. The lowest BCUT2D eigenvalue weighted by Gasteiger charge is -2.42. The minimum Gasteiger partial charge on any atom is -0.341 e. The van der Waals surface area contributed by atoms with Crippen molar-refractivity contribution >= 4 is 15.9 Å². The Morgan fingerprint density at radius 2 is 1.89 bits per heavy atom. The van der Waals surface area contributed by atoms with Crippen molar-refractivity contribution in [2.45, 2.75) is 63.8 Å². The first-order valence-corrected chi connectivity index (χ1v) is 14.4. The zero-order valence-corrected chi connectivity index (χ0v) is 21.9. The van der Waals surface area contributed by atoms with Gasteiger partial charge in [0.25, 0.3) is 0 Å². The number of fused-ring (bicyclic) bond motifs is 5. The molecule has 1 aromatic heterocycles. The van der Waals surface area contributed by atoms with E-state index >= 15 is 0 Å². The maximum atomic E-state index is 14.5. The van der Waals surface area contributed by atoms with E-state index in [-0.39, 0.29) is 28.5 Å². The van der Waals surface area contributed by atoms with Crippen LogP contribution in [0.2, 0.25) is 0 Å². The Morgan fingerprint density at radius 3 is 2.53 bits per heavy atom. The van der Waals surface area contributed by atoms with E-state index in [0.717, 1.165) is 30.4 Å². The van der Waals surface area contributed by atoms with Crippen LogP contribution in [0.25, 0.3) is 11.3 Å². The van der Waals surface area contributed by atoms with Crippen LogP contribution in [0.4, 0.5) is 8.78 Å². The Labute approximate surface area is 210 Å². The Kier molecular flexibility index (Phi) is 5.98. The molecule has 2 heterocycles. The average molecular weight is 519 g/mol. The maximum Gasteiger partial charge on any atom is 0.241 e. The first kappa shape index (κ1) is 25.2. The Bertz CT molecular complexity index is 1310. The highest BCUT2D eigenvalue weighted by atomic mass is 32.2. The van der Waals surface area contributed by atoms with E-state index in [4.69, 9.17) is 0 Å². The fraction of sp³-hybridized carbons (Fsp3) is 0.577. The molecular formula is C26H32F2N4O3S. The summed E-state index contributed by atoms with van der Waals surface area (Å²) >= 11 is 0.